The smallest absolute Gasteiger partial charge is 0.191 e. The Hall–Kier alpha value is -0.830. The van der Waals surface area contributed by atoms with Gasteiger partial charge in [0.1, 0.15) is 12.4 Å². The molecule has 0 saturated carbocycles. The van der Waals surface area contributed by atoms with Crippen LogP contribution in [0.2, 0.25) is 0 Å². The van der Waals surface area contributed by atoms with Crippen LogP contribution in [0.25, 0.3) is 0 Å². The van der Waals surface area contributed by atoms with E-state index in [9.17, 15) is 0 Å². The molecular weight excluding hydrogens is 405 g/mol. The minimum Gasteiger partial charge on any atom is -0.376 e. The van der Waals surface area contributed by atoms with E-state index >= 15 is 0 Å². The number of nitrogens with one attached hydrogen (secondary N) is 2. The lowest BCUT2D eigenvalue weighted by molar-refractivity contribution is 0.114. The summed E-state index contributed by atoms with van der Waals surface area (Å²) in [5.41, 5.74) is 0. The van der Waals surface area contributed by atoms with Crippen LogP contribution in [0.15, 0.2) is 17.4 Å². The third-order valence-electron chi connectivity index (χ3n) is 3.61. The molecule has 1 atom stereocenters. The molecule has 23 heavy (non-hydrogen) atoms. The molecule has 1 saturated heterocycles. The van der Waals surface area contributed by atoms with Crippen molar-refractivity contribution in [3.8, 4) is 0 Å². The summed E-state index contributed by atoms with van der Waals surface area (Å²) in [4.78, 5) is 9.05. The maximum atomic E-state index is 5.63. The summed E-state index contributed by atoms with van der Waals surface area (Å²) in [5, 5.41) is 6.64. The van der Waals surface area contributed by atoms with Crippen molar-refractivity contribution in [1.82, 2.24) is 20.2 Å². The van der Waals surface area contributed by atoms with E-state index in [2.05, 4.69) is 45.9 Å². The summed E-state index contributed by atoms with van der Waals surface area (Å²) >= 11 is 0. The number of aliphatic imine (C=N–C) groups is 1. The van der Waals surface area contributed by atoms with Gasteiger partial charge in [-0.3, -0.25) is 0 Å². The molecule has 1 aliphatic rings. The Balaban J connectivity index is 0.00000264. The van der Waals surface area contributed by atoms with Crippen LogP contribution in [-0.4, -0.2) is 41.3 Å². The highest BCUT2D eigenvalue weighted by Crippen LogP contribution is 2.10. The van der Waals surface area contributed by atoms with Gasteiger partial charge < -0.3 is 19.9 Å². The Morgan fingerprint density at radius 3 is 2.96 bits per heavy atom. The van der Waals surface area contributed by atoms with Crippen molar-refractivity contribution >= 4 is 29.9 Å². The molecule has 0 aliphatic carbocycles. The number of aromatic nitrogens is 2. The van der Waals surface area contributed by atoms with Crippen LogP contribution < -0.4 is 10.6 Å². The number of ether oxygens (including phenoxy) is 1. The molecule has 2 rings (SSSR count). The van der Waals surface area contributed by atoms with Crippen LogP contribution in [-0.2, 0) is 17.8 Å². The molecule has 0 spiro atoms. The highest BCUT2D eigenvalue weighted by molar-refractivity contribution is 14.0. The molecular formula is C16H30IN5O. The predicted octanol–water partition coefficient (Wildman–Crippen LogP) is 2.39. The average molecular weight is 435 g/mol. The highest BCUT2D eigenvalue weighted by Gasteiger charge is 2.15. The number of nitrogens with zero attached hydrogens (tertiary/aromatic N) is 3. The summed E-state index contributed by atoms with van der Waals surface area (Å²) in [7, 11) is 0. The van der Waals surface area contributed by atoms with Crippen LogP contribution in [0.1, 0.15) is 39.4 Å². The van der Waals surface area contributed by atoms with E-state index in [1.807, 2.05) is 12.4 Å². The van der Waals surface area contributed by atoms with Gasteiger partial charge in [-0.2, -0.15) is 0 Å². The fourth-order valence-electron chi connectivity index (χ4n) is 2.56. The fraction of sp³-hybridized carbons (Fsp3) is 0.750. The third-order valence-corrected chi connectivity index (χ3v) is 3.61. The molecule has 132 valence electrons. The number of rotatable bonds is 7. The van der Waals surface area contributed by atoms with E-state index in [4.69, 9.17) is 4.74 Å². The van der Waals surface area contributed by atoms with Crippen LogP contribution in [0.5, 0.6) is 0 Å². The van der Waals surface area contributed by atoms with Crippen LogP contribution >= 0.6 is 24.0 Å². The van der Waals surface area contributed by atoms with Gasteiger partial charge >= 0.3 is 0 Å². The Bertz CT molecular complexity index is 469. The molecule has 1 aromatic rings. The summed E-state index contributed by atoms with van der Waals surface area (Å²) in [6.45, 7) is 10.6. The van der Waals surface area contributed by atoms with E-state index in [-0.39, 0.29) is 24.0 Å². The van der Waals surface area contributed by atoms with E-state index in [0.29, 0.717) is 18.6 Å². The monoisotopic (exact) mass is 435 g/mol. The van der Waals surface area contributed by atoms with Gasteiger partial charge in [-0.15, -0.1) is 24.0 Å². The molecule has 2 N–H and O–H groups in total. The largest absolute Gasteiger partial charge is 0.376 e. The number of hydrogen-bond donors (Lipinski definition) is 2. The van der Waals surface area contributed by atoms with Gasteiger partial charge in [0.25, 0.3) is 0 Å². The molecule has 1 aliphatic heterocycles. The van der Waals surface area contributed by atoms with Crippen LogP contribution in [0, 0.1) is 5.92 Å². The molecule has 7 heteroatoms. The average Bonchev–Trinajstić information content (AvgIpc) is 3.13. The zero-order valence-corrected chi connectivity index (χ0v) is 16.7. The van der Waals surface area contributed by atoms with E-state index in [0.717, 1.165) is 50.9 Å². The Morgan fingerprint density at radius 1 is 1.48 bits per heavy atom. The summed E-state index contributed by atoms with van der Waals surface area (Å²) in [6.07, 6.45) is 6.47. The van der Waals surface area contributed by atoms with Crippen LogP contribution in [0.3, 0.4) is 0 Å². The Labute approximate surface area is 156 Å². The second-order valence-corrected chi connectivity index (χ2v) is 6.10. The summed E-state index contributed by atoms with van der Waals surface area (Å²) in [5.74, 6) is 2.43. The van der Waals surface area contributed by atoms with Crippen molar-refractivity contribution in [2.45, 2.75) is 52.8 Å². The van der Waals surface area contributed by atoms with Gasteiger partial charge in [0.2, 0.25) is 0 Å². The Kier molecular flexibility index (Phi) is 9.54. The fourth-order valence-corrected chi connectivity index (χ4v) is 2.56. The molecule has 6 nitrogen and oxygen atoms in total. The summed E-state index contributed by atoms with van der Waals surface area (Å²) < 4.78 is 7.81. The van der Waals surface area contributed by atoms with Gasteiger partial charge in [0.05, 0.1) is 6.10 Å². The SMILES string of the molecule is CCNC(=NCc1nccn1CC(C)C)NCC1CCCO1.I. The molecule has 1 aromatic heterocycles. The molecule has 1 unspecified atom stereocenters. The molecule has 2 heterocycles. The van der Waals surface area contributed by atoms with E-state index in [1.165, 1.54) is 0 Å². The number of halogens is 1. The standard InChI is InChI=1S/C16H29N5O.HI/c1-4-17-16(19-10-14-6-5-9-22-14)20-11-15-18-7-8-21(15)12-13(2)3;/h7-8,13-14H,4-6,9-12H2,1-3H3,(H2,17,19,20);1H. The van der Waals surface area contributed by atoms with Crippen molar-refractivity contribution in [2.24, 2.45) is 10.9 Å². The van der Waals surface area contributed by atoms with Crippen molar-refractivity contribution in [3.63, 3.8) is 0 Å². The van der Waals surface area contributed by atoms with Gasteiger partial charge in [0.15, 0.2) is 5.96 Å². The highest BCUT2D eigenvalue weighted by atomic mass is 127. The summed E-state index contributed by atoms with van der Waals surface area (Å²) in [6, 6.07) is 0. The molecule has 0 bridgehead atoms. The minimum absolute atomic E-state index is 0. The number of guanidine groups is 1. The van der Waals surface area contributed by atoms with Crippen molar-refractivity contribution in [1.29, 1.82) is 0 Å². The minimum atomic E-state index is 0. The molecule has 0 amide bonds. The molecule has 0 radical (unpaired) electrons. The first-order valence-electron chi connectivity index (χ1n) is 8.32. The lowest BCUT2D eigenvalue weighted by atomic mass is 10.2. The third kappa shape index (κ3) is 7.07. The normalized spacial score (nSPS) is 18.1. The predicted molar refractivity (Wildman–Crippen MR) is 104 cm³/mol. The molecule has 0 aromatic carbocycles. The van der Waals surface area contributed by atoms with E-state index in [1.54, 1.807) is 0 Å². The topological polar surface area (TPSA) is 63.5 Å². The van der Waals surface area contributed by atoms with Crippen molar-refractivity contribution < 1.29 is 4.74 Å². The first-order chi connectivity index (χ1) is 10.7. The first-order valence-corrected chi connectivity index (χ1v) is 8.32. The quantitative estimate of drug-likeness (QED) is 0.392. The van der Waals surface area contributed by atoms with Crippen LogP contribution in [0.4, 0.5) is 0 Å². The van der Waals surface area contributed by atoms with Gasteiger partial charge in [0, 0.05) is 38.6 Å². The Morgan fingerprint density at radius 2 is 2.30 bits per heavy atom. The van der Waals surface area contributed by atoms with Crippen molar-refractivity contribution in [2.75, 3.05) is 19.7 Å². The maximum absolute atomic E-state index is 5.63. The molecule has 1 fully saturated rings. The second kappa shape index (κ2) is 10.9. The lowest BCUT2D eigenvalue weighted by Crippen LogP contribution is -2.41. The van der Waals surface area contributed by atoms with Crippen molar-refractivity contribution in [3.05, 3.63) is 18.2 Å². The maximum Gasteiger partial charge on any atom is 0.191 e. The van der Waals surface area contributed by atoms with Gasteiger partial charge in [-0.25, -0.2) is 9.98 Å². The van der Waals surface area contributed by atoms with E-state index < -0.39 is 0 Å². The second-order valence-electron chi connectivity index (χ2n) is 6.10. The lowest BCUT2D eigenvalue weighted by Gasteiger charge is -2.15. The zero-order chi connectivity index (χ0) is 15.8. The zero-order valence-electron chi connectivity index (χ0n) is 14.4. The number of hydrogen-bond acceptors (Lipinski definition) is 3. The van der Waals surface area contributed by atoms with Gasteiger partial charge in [-0.05, 0) is 25.7 Å². The first kappa shape index (κ1) is 20.2. The number of imidazole rings is 1. The van der Waals surface area contributed by atoms with Gasteiger partial charge in [-0.1, -0.05) is 13.8 Å².